The van der Waals surface area contributed by atoms with Crippen LogP contribution in [0, 0.1) is 11.6 Å². The van der Waals surface area contributed by atoms with Gasteiger partial charge >= 0.3 is 12.2 Å². The first-order valence-corrected chi connectivity index (χ1v) is 8.54. The van der Waals surface area contributed by atoms with Gasteiger partial charge in [-0.2, -0.15) is 27.9 Å². The van der Waals surface area contributed by atoms with Crippen LogP contribution in [0.3, 0.4) is 0 Å². The number of nitrogens with zero attached hydrogens (tertiary/aromatic N) is 3. The van der Waals surface area contributed by atoms with Gasteiger partial charge in [-0.15, -0.1) is 0 Å². The smallest absolute Gasteiger partial charge is 0.416 e. The van der Waals surface area contributed by atoms with Crippen molar-refractivity contribution in [2.24, 2.45) is 0 Å². The number of halogens is 5. The molecule has 0 amide bonds. The topological polar surface area (TPSA) is 52.5 Å². The Kier molecular flexibility index (Phi) is 4.53. The lowest BCUT2D eigenvalue weighted by atomic mass is 9.94. The van der Waals surface area contributed by atoms with E-state index in [0.717, 1.165) is 24.3 Å². The molecule has 1 fully saturated rings. The van der Waals surface area contributed by atoms with Gasteiger partial charge < -0.3 is 9.47 Å². The quantitative estimate of drug-likeness (QED) is 0.465. The van der Waals surface area contributed by atoms with Gasteiger partial charge in [0.25, 0.3) is 0 Å². The third-order valence-electron chi connectivity index (χ3n) is 4.74. The summed E-state index contributed by atoms with van der Waals surface area (Å²) in [6.45, 7) is 1.78. The molecule has 0 radical (unpaired) electrons. The van der Waals surface area contributed by atoms with Gasteiger partial charge in [0.2, 0.25) is 0 Å². The molecule has 1 aliphatic rings. The summed E-state index contributed by atoms with van der Waals surface area (Å²) in [5, 5.41) is 3.97. The molecule has 0 saturated carbocycles. The number of hydrogen-bond donors (Lipinski definition) is 0. The summed E-state index contributed by atoms with van der Waals surface area (Å²) >= 11 is 0. The maximum absolute atomic E-state index is 14.2. The van der Waals surface area contributed by atoms with E-state index in [0.29, 0.717) is 5.69 Å². The van der Waals surface area contributed by atoms with E-state index < -0.39 is 35.1 Å². The number of hydrogen-bond acceptors (Lipinski definition) is 4. The van der Waals surface area contributed by atoms with Gasteiger partial charge in [0.1, 0.15) is 24.1 Å². The van der Waals surface area contributed by atoms with Gasteiger partial charge in [0.05, 0.1) is 17.9 Å². The predicted octanol–water partition coefficient (Wildman–Crippen LogP) is 4.26. The molecule has 2 atom stereocenters. The standard InChI is InChI=1S/C19H14F5N3O2/c1-11(18(9-28-18)15-7-4-13(20)8-16(15)21)29-17-25-10-26-27(17)14-5-2-12(3-6-14)19(22,23)24/h2-8,10-11H,9H2,1H3/t11-,18-/m1/s1. The second-order valence-electron chi connectivity index (χ2n) is 6.56. The van der Waals surface area contributed by atoms with Crippen LogP contribution < -0.4 is 4.74 Å². The highest BCUT2D eigenvalue weighted by Crippen LogP contribution is 2.44. The van der Waals surface area contributed by atoms with E-state index >= 15 is 0 Å². The Balaban J connectivity index is 1.58. The van der Waals surface area contributed by atoms with Crippen molar-refractivity contribution in [2.75, 3.05) is 6.61 Å². The van der Waals surface area contributed by atoms with E-state index in [9.17, 15) is 22.0 Å². The van der Waals surface area contributed by atoms with E-state index in [1.807, 2.05) is 0 Å². The van der Waals surface area contributed by atoms with Crippen molar-refractivity contribution in [2.45, 2.75) is 24.8 Å². The minimum atomic E-state index is -4.45. The molecule has 1 saturated heterocycles. The molecule has 1 aromatic heterocycles. The number of benzene rings is 2. The SMILES string of the molecule is C[C@@H](Oc1ncnn1-c1ccc(C(F)(F)F)cc1)[C@@]1(c2ccc(F)cc2F)CO1. The van der Waals surface area contributed by atoms with Crippen molar-refractivity contribution in [1.82, 2.24) is 14.8 Å². The van der Waals surface area contributed by atoms with E-state index in [4.69, 9.17) is 9.47 Å². The highest BCUT2D eigenvalue weighted by atomic mass is 19.4. The molecule has 4 rings (SSSR count). The number of aromatic nitrogens is 3. The van der Waals surface area contributed by atoms with Crippen molar-refractivity contribution >= 4 is 0 Å². The molecule has 0 aliphatic carbocycles. The van der Waals surface area contributed by atoms with Crippen molar-refractivity contribution in [3.05, 3.63) is 71.6 Å². The second kappa shape index (κ2) is 6.80. The van der Waals surface area contributed by atoms with Crippen LogP contribution in [-0.4, -0.2) is 27.5 Å². The number of alkyl halides is 3. The highest BCUT2D eigenvalue weighted by molar-refractivity contribution is 5.37. The average molecular weight is 411 g/mol. The van der Waals surface area contributed by atoms with Crippen LogP contribution in [0.2, 0.25) is 0 Å². The third-order valence-corrected chi connectivity index (χ3v) is 4.74. The molecule has 29 heavy (non-hydrogen) atoms. The zero-order valence-electron chi connectivity index (χ0n) is 15.0. The van der Waals surface area contributed by atoms with E-state index in [-0.39, 0.29) is 18.2 Å². The molecule has 10 heteroatoms. The first kappa shape index (κ1) is 19.3. The van der Waals surface area contributed by atoms with Crippen LogP contribution in [0.1, 0.15) is 18.1 Å². The lowest BCUT2D eigenvalue weighted by molar-refractivity contribution is -0.137. The van der Waals surface area contributed by atoms with Gasteiger partial charge in [0.15, 0.2) is 5.60 Å². The molecule has 5 nitrogen and oxygen atoms in total. The fourth-order valence-corrected chi connectivity index (χ4v) is 3.05. The molecule has 3 aromatic rings. The fourth-order valence-electron chi connectivity index (χ4n) is 3.05. The van der Waals surface area contributed by atoms with Crippen LogP contribution in [0.25, 0.3) is 5.69 Å². The largest absolute Gasteiger partial charge is 0.457 e. The molecule has 1 aliphatic heterocycles. The Bertz CT molecular complexity index is 1030. The summed E-state index contributed by atoms with van der Waals surface area (Å²) in [4.78, 5) is 3.97. The van der Waals surface area contributed by atoms with E-state index in [2.05, 4.69) is 10.1 Å². The van der Waals surface area contributed by atoms with Crippen LogP contribution in [-0.2, 0) is 16.5 Å². The number of rotatable bonds is 5. The monoisotopic (exact) mass is 411 g/mol. The zero-order valence-corrected chi connectivity index (χ0v) is 15.0. The molecule has 0 N–H and O–H groups in total. The van der Waals surface area contributed by atoms with E-state index in [1.165, 1.54) is 29.2 Å². The molecule has 0 bridgehead atoms. The van der Waals surface area contributed by atoms with Crippen LogP contribution >= 0.6 is 0 Å². The molecular weight excluding hydrogens is 397 g/mol. The molecule has 0 unspecified atom stereocenters. The van der Waals surface area contributed by atoms with Gasteiger partial charge in [-0.3, -0.25) is 0 Å². The first-order chi connectivity index (χ1) is 13.7. The van der Waals surface area contributed by atoms with Crippen LogP contribution in [0.5, 0.6) is 6.01 Å². The van der Waals surface area contributed by atoms with Crippen LogP contribution in [0.15, 0.2) is 48.8 Å². The Morgan fingerprint density at radius 3 is 2.41 bits per heavy atom. The minimum Gasteiger partial charge on any atom is -0.457 e. The fraction of sp³-hybridized carbons (Fsp3) is 0.263. The Hall–Kier alpha value is -3.01. The van der Waals surface area contributed by atoms with E-state index in [1.54, 1.807) is 6.92 Å². The van der Waals surface area contributed by atoms with Crippen molar-refractivity contribution in [3.63, 3.8) is 0 Å². The molecule has 2 heterocycles. The third kappa shape index (κ3) is 3.55. The Morgan fingerprint density at radius 1 is 1.14 bits per heavy atom. The number of epoxide rings is 1. The first-order valence-electron chi connectivity index (χ1n) is 8.54. The lowest BCUT2D eigenvalue weighted by Crippen LogP contribution is -2.32. The van der Waals surface area contributed by atoms with Crippen molar-refractivity contribution in [3.8, 4) is 11.7 Å². The van der Waals surface area contributed by atoms with Gasteiger partial charge in [0, 0.05) is 11.6 Å². The summed E-state index contributed by atoms with van der Waals surface area (Å²) in [7, 11) is 0. The molecule has 152 valence electrons. The summed E-state index contributed by atoms with van der Waals surface area (Å²) in [5.74, 6) is -1.47. The average Bonchev–Trinajstić information content (AvgIpc) is 3.34. The van der Waals surface area contributed by atoms with Crippen molar-refractivity contribution < 1.29 is 31.4 Å². The summed E-state index contributed by atoms with van der Waals surface area (Å²) in [6, 6.07) is 7.48. The molecule has 0 spiro atoms. The predicted molar refractivity (Wildman–Crippen MR) is 90.4 cm³/mol. The maximum Gasteiger partial charge on any atom is 0.416 e. The zero-order chi connectivity index (χ0) is 20.8. The Labute approximate surface area is 161 Å². The Morgan fingerprint density at radius 2 is 1.83 bits per heavy atom. The molecule has 2 aromatic carbocycles. The molecular formula is C19H14F5N3O2. The maximum atomic E-state index is 14.2. The number of ether oxygens (including phenoxy) is 2. The second-order valence-corrected chi connectivity index (χ2v) is 6.56. The van der Waals surface area contributed by atoms with Gasteiger partial charge in [-0.05, 0) is 37.3 Å². The van der Waals surface area contributed by atoms with Gasteiger partial charge in [-0.1, -0.05) is 6.07 Å². The summed E-state index contributed by atoms with van der Waals surface area (Å²) in [5.41, 5.74) is -1.47. The highest BCUT2D eigenvalue weighted by Gasteiger charge is 2.54. The van der Waals surface area contributed by atoms with Crippen LogP contribution in [0.4, 0.5) is 22.0 Å². The van der Waals surface area contributed by atoms with Gasteiger partial charge in [-0.25, -0.2) is 8.78 Å². The minimum absolute atomic E-state index is 0.00495. The summed E-state index contributed by atoms with van der Waals surface area (Å²) < 4.78 is 78.1. The summed E-state index contributed by atoms with van der Waals surface area (Å²) in [6.07, 6.45) is -4.01. The van der Waals surface area contributed by atoms with Crippen molar-refractivity contribution in [1.29, 1.82) is 0 Å². The lowest BCUT2D eigenvalue weighted by Gasteiger charge is -2.22. The normalized spacial score (nSPS) is 19.8.